The van der Waals surface area contributed by atoms with Crippen LogP contribution >= 0.6 is 11.8 Å². The summed E-state index contributed by atoms with van der Waals surface area (Å²) in [7, 11) is 1.80. The summed E-state index contributed by atoms with van der Waals surface area (Å²) in [6.45, 7) is 0. The normalized spacial score (nSPS) is 10.4. The van der Waals surface area contributed by atoms with Gasteiger partial charge in [0.05, 0.1) is 0 Å². The number of nitrogens with zero attached hydrogens (tertiary/aromatic N) is 1. The third kappa shape index (κ3) is 3.20. The molecule has 0 aliphatic carbocycles. The quantitative estimate of drug-likeness (QED) is 0.854. The van der Waals surface area contributed by atoms with E-state index in [0.29, 0.717) is 10.6 Å². The molecule has 0 saturated carbocycles. The van der Waals surface area contributed by atoms with E-state index in [1.165, 1.54) is 17.8 Å². The van der Waals surface area contributed by atoms with E-state index in [0.717, 1.165) is 17.4 Å². The van der Waals surface area contributed by atoms with E-state index in [9.17, 15) is 8.78 Å². The molecule has 1 heterocycles. The molecule has 2 rings (SSSR count). The molecule has 0 amide bonds. The maximum atomic E-state index is 13.0. The van der Waals surface area contributed by atoms with Crippen molar-refractivity contribution in [3.63, 3.8) is 0 Å². The zero-order valence-electron chi connectivity index (χ0n) is 9.78. The van der Waals surface area contributed by atoms with Gasteiger partial charge in [0.1, 0.15) is 5.82 Å². The van der Waals surface area contributed by atoms with Crippen LogP contribution in [0, 0.1) is 11.6 Å². The van der Waals surface area contributed by atoms with Crippen LogP contribution in [0.25, 0.3) is 0 Å². The first kappa shape index (κ1) is 12.8. The van der Waals surface area contributed by atoms with Crippen LogP contribution in [-0.2, 0) is 5.75 Å². The third-order valence-electron chi connectivity index (χ3n) is 2.38. The molecule has 0 bridgehead atoms. The smallest absolute Gasteiger partial charge is 0.159 e. The summed E-state index contributed by atoms with van der Waals surface area (Å²) in [4.78, 5) is 4.81. The van der Waals surface area contributed by atoms with Gasteiger partial charge < -0.3 is 5.32 Å². The highest BCUT2D eigenvalue weighted by molar-refractivity contribution is 7.98. The lowest BCUT2D eigenvalue weighted by Crippen LogP contribution is -1.92. The minimum Gasteiger partial charge on any atom is -0.373 e. The van der Waals surface area contributed by atoms with Crippen LogP contribution in [-0.4, -0.2) is 12.0 Å². The van der Waals surface area contributed by atoms with Gasteiger partial charge in [-0.1, -0.05) is 0 Å². The molecule has 0 unspecified atom stereocenters. The molecular weight excluding hydrogens is 254 g/mol. The number of benzene rings is 1. The second-order valence-corrected chi connectivity index (χ2v) is 4.71. The number of thioether (sulfide) groups is 1. The Bertz CT molecular complexity index is 546. The molecule has 1 aromatic heterocycles. The van der Waals surface area contributed by atoms with E-state index in [1.54, 1.807) is 19.3 Å². The molecule has 2 nitrogen and oxygen atoms in total. The third-order valence-corrected chi connectivity index (χ3v) is 3.44. The number of pyridine rings is 1. The first-order valence-electron chi connectivity index (χ1n) is 5.39. The van der Waals surface area contributed by atoms with E-state index in [1.807, 2.05) is 12.1 Å². The van der Waals surface area contributed by atoms with Gasteiger partial charge in [0.2, 0.25) is 0 Å². The maximum absolute atomic E-state index is 13.0. The molecular formula is C13H12F2N2S. The lowest BCUT2D eigenvalue weighted by atomic mass is 10.3. The van der Waals surface area contributed by atoms with E-state index in [2.05, 4.69) is 10.3 Å². The molecule has 1 aromatic carbocycles. The highest BCUT2D eigenvalue weighted by atomic mass is 32.2. The van der Waals surface area contributed by atoms with Crippen LogP contribution < -0.4 is 5.32 Å². The van der Waals surface area contributed by atoms with Crippen molar-refractivity contribution >= 4 is 17.6 Å². The Hall–Kier alpha value is -1.62. The summed E-state index contributed by atoms with van der Waals surface area (Å²) in [5.74, 6) is -0.160. The lowest BCUT2D eigenvalue weighted by molar-refractivity contribution is 0.506. The number of nitrogens with one attached hydrogen (secondary N) is 1. The second kappa shape index (κ2) is 5.82. The van der Waals surface area contributed by atoms with Gasteiger partial charge in [-0.15, -0.1) is 11.8 Å². The van der Waals surface area contributed by atoms with Crippen LogP contribution in [0.15, 0.2) is 41.4 Å². The SMILES string of the molecule is CNc1cc(CSc2ccc(F)c(F)c2)ccn1. The highest BCUT2D eigenvalue weighted by Gasteiger charge is 2.03. The monoisotopic (exact) mass is 266 g/mol. The zero-order chi connectivity index (χ0) is 13.0. The summed E-state index contributed by atoms with van der Waals surface area (Å²) in [5.41, 5.74) is 1.07. The van der Waals surface area contributed by atoms with Crippen LogP contribution in [0.2, 0.25) is 0 Å². The molecule has 18 heavy (non-hydrogen) atoms. The van der Waals surface area contributed by atoms with Gasteiger partial charge in [0.25, 0.3) is 0 Å². The van der Waals surface area contributed by atoms with Crippen LogP contribution in [0.4, 0.5) is 14.6 Å². The van der Waals surface area contributed by atoms with E-state index in [4.69, 9.17) is 0 Å². The van der Waals surface area contributed by atoms with E-state index < -0.39 is 11.6 Å². The van der Waals surface area contributed by atoms with Crippen LogP contribution in [0.3, 0.4) is 0 Å². The molecule has 0 atom stereocenters. The van der Waals surface area contributed by atoms with Gasteiger partial charge in [-0.2, -0.15) is 0 Å². The molecule has 0 radical (unpaired) electrons. The topological polar surface area (TPSA) is 24.9 Å². The van der Waals surface area contributed by atoms with E-state index >= 15 is 0 Å². The van der Waals surface area contributed by atoms with E-state index in [-0.39, 0.29) is 0 Å². The Balaban J connectivity index is 2.04. The number of rotatable bonds is 4. The van der Waals surface area contributed by atoms with Gasteiger partial charge in [-0.05, 0) is 35.9 Å². The molecule has 2 aromatic rings. The van der Waals surface area contributed by atoms with Crippen LogP contribution in [0.1, 0.15) is 5.56 Å². The summed E-state index contributed by atoms with van der Waals surface area (Å²) < 4.78 is 25.8. The average molecular weight is 266 g/mol. The first-order chi connectivity index (χ1) is 8.69. The summed E-state index contributed by atoms with van der Waals surface area (Å²) >= 11 is 1.45. The zero-order valence-corrected chi connectivity index (χ0v) is 10.6. The largest absolute Gasteiger partial charge is 0.373 e. The maximum Gasteiger partial charge on any atom is 0.159 e. The molecule has 0 spiro atoms. The molecule has 0 aliphatic rings. The lowest BCUT2D eigenvalue weighted by Gasteiger charge is -2.04. The molecule has 0 fully saturated rings. The Morgan fingerprint density at radius 3 is 2.72 bits per heavy atom. The van der Waals surface area contributed by atoms with Crippen molar-refractivity contribution in [1.29, 1.82) is 0 Å². The molecule has 94 valence electrons. The molecule has 0 saturated heterocycles. The van der Waals surface area contributed by atoms with Crippen molar-refractivity contribution in [2.24, 2.45) is 0 Å². The average Bonchev–Trinajstić information content (AvgIpc) is 2.40. The van der Waals surface area contributed by atoms with Gasteiger partial charge in [0, 0.05) is 23.9 Å². The number of aromatic nitrogens is 1. The molecule has 1 N–H and O–H groups in total. The Kier molecular flexibility index (Phi) is 4.15. The fraction of sp³-hybridized carbons (Fsp3) is 0.154. The minimum atomic E-state index is -0.819. The van der Waals surface area contributed by atoms with Crippen molar-refractivity contribution < 1.29 is 8.78 Å². The van der Waals surface area contributed by atoms with Gasteiger partial charge in [0.15, 0.2) is 11.6 Å². The molecule has 0 aliphatic heterocycles. The summed E-state index contributed by atoms with van der Waals surface area (Å²) in [6.07, 6.45) is 1.72. The first-order valence-corrected chi connectivity index (χ1v) is 6.38. The fourth-order valence-electron chi connectivity index (χ4n) is 1.43. The van der Waals surface area contributed by atoms with Crippen molar-refractivity contribution in [3.8, 4) is 0 Å². The number of hydrogen-bond donors (Lipinski definition) is 1. The van der Waals surface area contributed by atoms with Crippen molar-refractivity contribution in [1.82, 2.24) is 4.98 Å². The minimum absolute atomic E-state index is 0.683. The van der Waals surface area contributed by atoms with Crippen molar-refractivity contribution in [3.05, 3.63) is 53.7 Å². The van der Waals surface area contributed by atoms with Gasteiger partial charge in [-0.25, -0.2) is 13.8 Å². The van der Waals surface area contributed by atoms with Crippen molar-refractivity contribution in [2.75, 3.05) is 12.4 Å². The number of anilines is 1. The highest BCUT2D eigenvalue weighted by Crippen LogP contribution is 2.24. The number of halogens is 2. The fourth-order valence-corrected chi connectivity index (χ4v) is 2.30. The van der Waals surface area contributed by atoms with Gasteiger partial charge in [-0.3, -0.25) is 0 Å². The Morgan fingerprint density at radius 1 is 1.17 bits per heavy atom. The Morgan fingerprint density at radius 2 is 2.00 bits per heavy atom. The predicted molar refractivity (Wildman–Crippen MR) is 69.7 cm³/mol. The predicted octanol–water partition coefficient (Wildman–Crippen LogP) is 3.69. The van der Waals surface area contributed by atoms with Crippen molar-refractivity contribution in [2.45, 2.75) is 10.6 Å². The standard InChI is InChI=1S/C13H12F2N2S/c1-16-13-6-9(4-5-17-13)8-18-10-2-3-11(14)12(15)7-10/h2-7H,8H2,1H3,(H,16,17). The summed E-state index contributed by atoms with van der Waals surface area (Å²) in [6, 6.07) is 7.74. The molecule has 5 heteroatoms. The van der Waals surface area contributed by atoms with Gasteiger partial charge >= 0.3 is 0 Å². The Labute approximate surface area is 108 Å². The second-order valence-electron chi connectivity index (χ2n) is 3.66. The number of hydrogen-bond acceptors (Lipinski definition) is 3. The summed E-state index contributed by atoms with van der Waals surface area (Å²) in [5, 5.41) is 2.95. The van der Waals surface area contributed by atoms with Crippen LogP contribution in [0.5, 0.6) is 0 Å².